The zero-order chi connectivity index (χ0) is 9.99. The van der Waals surface area contributed by atoms with E-state index in [1.807, 2.05) is 0 Å². The van der Waals surface area contributed by atoms with E-state index in [0.717, 1.165) is 0 Å². The Labute approximate surface area is 78.1 Å². The smallest absolute Gasteiger partial charge is 0.129 e. The van der Waals surface area contributed by atoms with Crippen molar-refractivity contribution in [2.24, 2.45) is 0 Å². The summed E-state index contributed by atoms with van der Waals surface area (Å²) in [5, 5.41) is 8.42. The maximum absolute atomic E-state index is 7.73. The van der Waals surface area contributed by atoms with Crippen molar-refractivity contribution < 1.29 is 0 Å². The average Bonchev–Trinajstić information content (AvgIpc) is 1.78. The first kappa shape index (κ1) is 11.7. The lowest BCUT2D eigenvalue weighted by atomic mass is 10.8. The van der Waals surface area contributed by atoms with Gasteiger partial charge in [0.05, 0.1) is 5.33 Å². The zero-order valence-electron chi connectivity index (χ0n) is 9.00. The topological polar surface area (TPSA) is 23.9 Å². The molecule has 1 N–H and O–H groups in total. The summed E-state index contributed by atoms with van der Waals surface area (Å²) in [6, 6.07) is 0. The van der Waals surface area contributed by atoms with Crippen molar-refractivity contribution in [1.82, 2.24) is 0 Å². The Hall–Kier alpha value is -0.336. The fourth-order valence-electron chi connectivity index (χ4n) is 0.438. The Morgan fingerprint density at radius 2 is 1.42 bits per heavy atom. The van der Waals surface area contributed by atoms with Crippen molar-refractivity contribution in [3.63, 3.8) is 0 Å². The highest BCUT2D eigenvalue weighted by Crippen LogP contribution is 2.02. The lowest BCUT2D eigenvalue weighted by molar-refractivity contribution is 1.55. The Morgan fingerprint density at radius 1 is 1.00 bits per heavy atom. The molecule has 0 bridgehead atoms. The van der Waals surface area contributed by atoms with Gasteiger partial charge in [-0.25, -0.2) is 0 Å². The summed E-state index contributed by atoms with van der Waals surface area (Å²) in [5.41, 5.74) is 3.23. The molecule has 0 heterocycles. The van der Waals surface area contributed by atoms with Crippen molar-refractivity contribution in [3.8, 4) is 11.5 Å². The van der Waals surface area contributed by atoms with E-state index in [9.17, 15) is 0 Å². The second-order valence-electron chi connectivity index (χ2n) is 5.12. The van der Waals surface area contributed by atoms with E-state index in [1.54, 1.807) is 0 Å². The molecule has 0 unspecified atom stereocenters. The largest absolute Gasteiger partial charge is 0.301 e. The summed E-state index contributed by atoms with van der Waals surface area (Å²) in [6.45, 7) is 13.1. The van der Waals surface area contributed by atoms with Crippen LogP contribution in [0, 0.1) is 16.9 Å². The van der Waals surface area contributed by atoms with Crippen LogP contribution in [0.1, 0.15) is 0 Å². The Bertz CT molecular complexity index is 232. The van der Waals surface area contributed by atoms with Gasteiger partial charge >= 0.3 is 0 Å². The number of hydrogen-bond acceptors (Lipinski definition) is 1. The molecule has 0 aliphatic rings. The third-order valence-electron chi connectivity index (χ3n) is 1.31. The summed E-state index contributed by atoms with van der Waals surface area (Å²) in [5.74, 6) is 3.02. The van der Waals surface area contributed by atoms with E-state index >= 15 is 0 Å². The highest BCUT2D eigenvalue weighted by Gasteiger charge is 2.18. The minimum absolute atomic E-state index is 0.685. The van der Waals surface area contributed by atoms with E-state index < -0.39 is 16.1 Å². The molecule has 0 aliphatic heterocycles. The third-order valence-corrected chi connectivity index (χ3v) is 3.81. The Morgan fingerprint density at radius 3 is 1.67 bits per heavy atom. The molecule has 0 spiro atoms. The van der Waals surface area contributed by atoms with Gasteiger partial charge in [0.2, 0.25) is 0 Å². The van der Waals surface area contributed by atoms with Gasteiger partial charge in [0.1, 0.15) is 16.1 Å². The normalized spacial score (nSPS) is 11.8. The first-order chi connectivity index (χ1) is 5.13. The lowest BCUT2D eigenvalue weighted by Crippen LogP contribution is -2.32. The zero-order valence-corrected chi connectivity index (χ0v) is 11.0. The van der Waals surface area contributed by atoms with E-state index in [1.165, 1.54) is 0 Å². The van der Waals surface area contributed by atoms with Crippen molar-refractivity contribution in [2.75, 3.05) is 0 Å². The highest BCUT2D eigenvalue weighted by atomic mass is 28.3. The van der Waals surface area contributed by atoms with Crippen LogP contribution in [0.3, 0.4) is 0 Å². The maximum Gasteiger partial charge on any atom is 0.129 e. The molecule has 0 rings (SSSR count). The lowest BCUT2D eigenvalue weighted by Gasteiger charge is -2.12. The summed E-state index contributed by atoms with van der Waals surface area (Å²) in [7, 11) is -2.71. The molecular formula is C9H19NSi2. The molecule has 0 aliphatic carbocycles. The minimum atomic E-state index is -1.43. The second-order valence-corrected chi connectivity index (χ2v) is 14.9. The number of nitrogens with one attached hydrogen (secondary N) is 1. The molecule has 0 aromatic rings. The number of hydrogen-bond donors (Lipinski definition) is 1. The van der Waals surface area contributed by atoms with Crippen molar-refractivity contribution in [1.29, 1.82) is 5.41 Å². The van der Waals surface area contributed by atoms with Gasteiger partial charge in [0, 0.05) is 0 Å². The maximum atomic E-state index is 7.73. The van der Waals surface area contributed by atoms with Crippen molar-refractivity contribution in [3.05, 3.63) is 0 Å². The highest BCUT2D eigenvalue weighted by molar-refractivity contribution is 7.06. The fraction of sp³-hybridized carbons (Fsp3) is 0.667. The Kier molecular flexibility index (Phi) is 3.49. The second kappa shape index (κ2) is 3.59. The molecule has 12 heavy (non-hydrogen) atoms. The molecule has 0 amide bonds. The van der Waals surface area contributed by atoms with E-state index in [4.69, 9.17) is 5.41 Å². The average molecular weight is 197 g/mol. The van der Waals surface area contributed by atoms with Gasteiger partial charge in [0.25, 0.3) is 0 Å². The molecular weight excluding hydrogens is 178 g/mol. The molecule has 68 valence electrons. The van der Waals surface area contributed by atoms with Crippen LogP contribution in [-0.2, 0) is 0 Å². The van der Waals surface area contributed by atoms with Crippen molar-refractivity contribution in [2.45, 2.75) is 39.3 Å². The van der Waals surface area contributed by atoms with E-state index in [2.05, 4.69) is 50.7 Å². The molecule has 0 atom stereocenters. The van der Waals surface area contributed by atoms with Crippen LogP contribution in [0.5, 0.6) is 0 Å². The predicted molar refractivity (Wildman–Crippen MR) is 62.2 cm³/mol. The molecule has 0 radical (unpaired) electrons. The minimum Gasteiger partial charge on any atom is -0.301 e. The van der Waals surface area contributed by atoms with E-state index in [0.29, 0.717) is 5.33 Å². The monoisotopic (exact) mass is 197 g/mol. The van der Waals surface area contributed by atoms with Gasteiger partial charge in [-0.3, -0.25) is 0 Å². The van der Waals surface area contributed by atoms with Gasteiger partial charge in [-0.15, -0.1) is 5.54 Å². The van der Waals surface area contributed by atoms with Gasteiger partial charge in [-0.05, 0) is 0 Å². The van der Waals surface area contributed by atoms with E-state index in [-0.39, 0.29) is 0 Å². The van der Waals surface area contributed by atoms with Crippen LogP contribution >= 0.6 is 0 Å². The number of rotatable bonds is 1. The molecule has 0 aromatic carbocycles. The molecule has 1 nitrogen and oxygen atoms in total. The van der Waals surface area contributed by atoms with Crippen LogP contribution < -0.4 is 0 Å². The third kappa shape index (κ3) is 5.33. The molecule has 0 saturated carbocycles. The molecule has 3 heteroatoms. The molecule has 0 aromatic heterocycles. The molecule has 0 fully saturated rings. The summed E-state index contributed by atoms with van der Waals surface area (Å²) >= 11 is 0. The van der Waals surface area contributed by atoms with Crippen LogP contribution in [0.15, 0.2) is 0 Å². The van der Waals surface area contributed by atoms with Crippen LogP contribution in [0.4, 0.5) is 0 Å². The fourth-order valence-corrected chi connectivity index (χ4v) is 1.50. The first-order valence-electron chi connectivity index (χ1n) is 4.25. The van der Waals surface area contributed by atoms with Crippen LogP contribution in [0.2, 0.25) is 39.3 Å². The summed E-state index contributed by atoms with van der Waals surface area (Å²) in [4.78, 5) is 0. The summed E-state index contributed by atoms with van der Waals surface area (Å²) in [6.07, 6.45) is 0. The first-order valence-corrected chi connectivity index (χ1v) is 11.2. The van der Waals surface area contributed by atoms with Crippen LogP contribution in [0.25, 0.3) is 0 Å². The Balaban J connectivity index is 4.46. The predicted octanol–water partition coefficient (Wildman–Crippen LogP) is 2.76. The standard InChI is InChI=1S/C9H19NSi2/c1-11(2,3)8-7-9(10)12(4,5)6/h10H,1-6H3. The van der Waals surface area contributed by atoms with Crippen molar-refractivity contribution >= 4 is 21.5 Å². The molecule has 0 saturated heterocycles. The van der Waals surface area contributed by atoms with Gasteiger partial charge in [-0.1, -0.05) is 45.2 Å². The van der Waals surface area contributed by atoms with Gasteiger partial charge in [0.15, 0.2) is 0 Å². The van der Waals surface area contributed by atoms with Gasteiger partial charge in [-0.2, -0.15) is 0 Å². The van der Waals surface area contributed by atoms with Crippen LogP contribution in [-0.4, -0.2) is 21.5 Å². The van der Waals surface area contributed by atoms with Gasteiger partial charge < -0.3 is 5.41 Å². The quantitative estimate of drug-likeness (QED) is 0.380. The SMILES string of the molecule is C[Si](C)(C)C#CC(=N)[Si](C)(C)C. The summed E-state index contributed by atoms with van der Waals surface area (Å²) < 4.78 is 0.